The third-order valence-corrected chi connectivity index (χ3v) is 6.23. The summed E-state index contributed by atoms with van der Waals surface area (Å²) in [5, 5.41) is 11.8. The number of carboxylic acids is 1. The Morgan fingerprint density at radius 3 is 2.35 bits per heavy atom. The van der Waals surface area contributed by atoms with Gasteiger partial charge in [-0.2, -0.15) is 0 Å². The van der Waals surface area contributed by atoms with Crippen molar-refractivity contribution in [2.75, 3.05) is 33.2 Å². The molecule has 0 saturated carbocycles. The van der Waals surface area contributed by atoms with Crippen molar-refractivity contribution in [1.29, 1.82) is 0 Å². The lowest BCUT2D eigenvalue weighted by Crippen LogP contribution is -2.31. The Morgan fingerprint density at radius 2 is 1.76 bits per heavy atom. The summed E-state index contributed by atoms with van der Waals surface area (Å²) in [7, 11) is 4.50. The Morgan fingerprint density at radius 1 is 1.12 bits per heavy atom. The summed E-state index contributed by atoms with van der Waals surface area (Å²) in [6.07, 6.45) is 1.60. The van der Waals surface area contributed by atoms with Crippen molar-refractivity contribution in [3.8, 4) is 17.2 Å². The molecule has 2 aromatic rings. The monoisotopic (exact) mass is 502 g/mol. The van der Waals surface area contributed by atoms with E-state index in [1.54, 1.807) is 30.3 Å². The first-order valence-corrected chi connectivity index (χ1v) is 11.2. The summed E-state index contributed by atoms with van der Waals surface area (Å²) >= 11 is 6.45. The summed E-state index contributed by atoms with van der Waals surface area (Å²) < 4.78 is 16.3. The van der Waals surface area contributed by atoms with Crippen LogP contribution in [0.4, 0.5) is 5.69 Å². The second kappa shape index (κ2) is 11.0. The number of carboxylic acid groups (broad SMARTS) is 1. The van der Waals surface area contributed by atoms with Gasteiger partial charge in [0, 0.05) is 13.0 Å². The Balaban J connectivity index is 1.71. The van der Waals surface area contributed by atoms with E-state index in [0.717, 1.165) is 11.8 Å². The number of methoxy groups -OCH3 is 3. The van der Waals surface area contributed by atoms with E-state index in [2.05, 4.69) is 5.32 Å². The van der Waals surface area contributed by atoms with Crippen LogP contribution in [0.1, 0.15) is 22.3 Å². The van der Waals surface area contributed by atoms with Crippen LogP contribution in [-0.4, -0.2) is 60.0 Å². The molecule has 0 spiro atoms. The number of benzene rings is 2. The smallest absolute Gasteiger partial charge is 0.337 e. The zero-order chi connectivity index (χ0) is 24.8. The van der Waals surface area contributed by atoms with Crippen LogP contribution >= 0.6 is 24.0 Å². The van der Waals surface area contributed by atoms with Crippen molar-refractivity contribution in [3.63, 3.8) is 0 Å². The molecule has 1 heterocycles. The fraction of sp³-hybridized carbons (Fsp3) is 0.217. The highest BCUT2D eigenvalue weighted by Gasteiger charge is 2.32. The van der Waals surface area contributed by atoms with Crippen LogP contribution in [0.15, 0.2) is 41.3 Å². The van der Waals surface area contributed by atoms with Gasteiger partial charge in [0.15, 0.2) is 11.5 Å². The molecule has 0 atom stereocenters. The molecule has 0 radical (unpaired) electrons. The Kier molecular flexibility index (Phi) is 8.13. The molecule has 1 aliphatic rings. The van der Waals surface area contributed by atoms with E-state index < -0.39 is 11.9 Å². The third-order valence-electron chi connectivity index (χ3n) is 4.85. The summed E-state index contributed by atoms with van der Waals surface area (Å²) in [4.78, 5) is 38.3. The fourth-order valence-corrected chi connectivity index (χ4v) is 4.54. The number of aromatic carboxylic acids is 1. The number of carbonyl (C=O) groups excluding carboxylic acids is 2. The molecular formula is C23H22N2O7S2. The maximum absolute atomic E-state index is 12.9. The molecule has 0 aromatic heterocycles. The predicted octanol–water partition coefficient (Wildman–Crippen LogP) is 3.64. The van der Waals surface area contributed by atoms with Crippen molar-refractivity contribution in [3.05, 3.63) is 52.4 Å². The highest BCUT2D eigenvalue weighted by Crippen LogP contribution is 2.40. The van der Waals surface area contributed by atoms with E-state index in [1.165, 1.54) is 38.4 Å². The van der Waals surface area contributed by atoms with Crippen LogP contribution in [0.25, 0.3) is 6.08 Å². The summed E-state index contributed by atoms with van der Waals surface area (Å²) in [5.41, 5.74) is 0.820. The van der Waals surface area contributed by atoms with Gasteiger partial charge in [-0.1, -0.05) is 36.1 Å². The van der Waals surface area contributed by atoms with Gasteiger partial charge in [0.1, 0.15) is 4.32 Å². The minimum Gasteiger partial charge on any atom is -0.493 e. The molecule has 1 aliphatic heterocycles. The molecule has 2 aromatic carbocycles. The Hall–Kier alpha value is -3.57. The van der Waals surface area contributed by atoms with Crippen LogP contribution in [0.5, 0.6) is 17.2 Å². The topological polar surface area (TPSA) is 114 Å². The largest absolute Gasteiger partial charge is 0.493 e. The molecule has 178 valence electrons. The number of anilines is 1. The fourth-order valence-electron chi connectivity index (χ4n) is 3.23. The first-order valence-electron chi connectivity index (χ1n) is 9.96. The van der Waals surface area contributed by atoms with Gasteiger partial charge in [-0.05, 0) is 35.9 Å². The van der Waals surface area contributed by atoms with Gasteiger partial charge in [-0.15, -0.1) is 0 Å². The van der Waals surface area contributed by atoms with Gasteiger partial charge < -0.3 is 24.6 Å². The van der Waals surface area contributed by atoms with Crippen LogP contribution in [0, 0.1) is 0 Å². The van der Waals surface area contributed by atoms with Gasteiger partial charge >= 0.3 is 5.97 Å². The van der Waals surface area contributed by atoms with E-state index in [-0.39, 0.29) is 30.1 Å². The number of carbonyl (C=O) groups is 3. The number of hydrogen-bond donors (Lipinski definition) is 2. The number of thioether (sulfide) groups is 1. The minimum absolute atomic E-state index is 0.0188. The molecule has 34 heavy (non-hydrogen) atoms. The second-order valence-electron chi connectivity index (χ2n) is 6.94. The average Bonchev–Trinajstić information content (AvgIpc) is 3.09. The van der Waals surface area contributed by atoms with E-state index in [1.807, 2.05) is 0 Å². The Bertz CT molecular complexity index is 1150. The maximum Gasteiger partial charge on any atom is 0.337 e. The highest BCUT2D eigenvalue weighted by molar-refractivity contribution is 8.26. The molecule has 11 heteroatoms. The highest BCUT2D eigenvalue weighted by atomic mass is 32.2. The molecule has 1 saturated heterocycles. The number of para-hydroxylation sites is 1. The molecule has 3 rings (SSSR count). The summed E-state index contributed by atoms with van der Waals surface area (Å²) in [6, 6.07) is 9.51. The number of rotatable bonds is 9. The molecular weight excluding hydrogens is 480 g/mol. The standard InChI is InChI=1S/C23H22N2O7S2/c1-30-16-10-13(11-17(31-2)20(16)32-3)12-18-21(27)25(23(33)34-18)9-8-19(26)24-15-7-5-4-6-14(15)22(28)29/h4-7,10-12H,8-9H2,1-3H3,(H,24,26)(H,28,29)/b18-12-. The predicted molar refractivity (Wildman–Crippen MR) is 133 cm³/mol. The average molecular weight is 503 g/mol. The SMILES string of the molecule is COc1cc(/C=C2\SC(=S)N(CCC(=O)Nc3ccccc3C(=O)O)C2=O)cc(OC)c1OC. The number of nitrogens with zero attached hydrogens (tertiary/aromatic N) is 1. The van der Waals surface area contributed by atoms with E-state index >= 15 is 0 Å². The molecule has 0 bridgehead atoms. The molecule has 0 unspecified atom stereocenters. The first kappa shape index (κ1) is 25.1. The molecule has 9 nitrogen and oxygen atoms in total. The first-order chi connectivity index (χ1) is 16.3. The number of amides is 2. The van der Waals surface area contributed by atoms with E-state index in [9.17, 15) is 19.5 Å². The van der Waals surface area contributed by atoms with Crippen molar-refractivity contribution < 1.29 is 33.7 Å². The zero-order valence-electron chi connectivity index (χ0n) is 18.6. The van der Waals surface area contributed by atoms with E-state index in [0.29, 0.717) is 32.0 Å². The van der Waals surface area contributed by atoms with Gasteiger partial charge in [-0.3, -0.25) is 14.5 Å². The normalized spacial score (nSPS) is 14.3. The van der Waals surface area contributed by atoms with Crippen LogP contribution < -0.4 is 19.5 Å². The number of ether oxygens (including phenoxy) is 3. The zero-order valence-corrected chi connectivity index (χ0v) is 20.2. The lowest BCUT2D eigenvalue weighted by Gasteiger charge is -2.15. The molecule has 2 amide bonds. The quantitative estimate of drug-likeness (QED) is 0.392. The summed E-state index contributed by atoms with van der Waals surface area (Å²) in [6.45, 7) is 0.0539. The van der Waals surface area contributed by atoms with Crippen molar-refractivity contribution in [1.82, 2.24) is 4.90 Å². The maximum atomic E-state index is 12.9. The molecule has 0 aliphatic carbocycles. The van der Waals surface area contributed by atoms with Gasteiger partial charge in [0.25, 0.3) is 5.91 Å². The molecule has 2 N–H and O–H groups in total. The minimum atomic E-state index is -1.15. The Labute approximate surface area is 205 Å². The van der Waals surface area contributed by atoms with Crippen LogP contribution in [-0.2, 0) is 9.59 Å². The molecule has 1 fully saturated rings. The number of hydrogen-bond acceptors (Lipinski definition) is 8. The van der Waals surface area contributed by atoms with Crippen molar-refractivity contribution >= 4 is 57.8 Å². The van der Waals surface area contributed by atoms with Crippen molar-refractivity contribution in [2.24, 2.45) is 0 Å². The van der Waals surface area contributed by atoms with Crippen LogP contribution in [0.2, 0.25) is 0 Å². The van der Waals surface area contributed by atoms with Gasteiger partial charge in [0.05, 0.1) is 37.5 Å². The number of nitrogens with one attached hydrogen (secondary N) is 1. The lowest BCUT2D eigenvalue weighted by atomic mass is 10.1. The van der Waals surface area contributed by atoms with Gasteiger partial charge in [0.2, 0.25) is 11.7 Å². The van der Waals surface area contributed by atoms with E-state index in [4.69, 9.17) is 26.4 Å². The second-order valence-corrected chi connectivity index (χ2v) is 8.62. The number of thiocarbonyl (C=S) groups is 1. The third kappa shape index (κ3) is 5.49. The summed E-state index contributed by atoms with van der Waals surface area (Å²) in [5.74, 6) is -0.586. The van der Waals surface area contributed by atoms with Crippen LogP contribution in [0.3, 0.4) is 0 Å². The van der Waals surface area contributed by atoms with Crippen molar-refractivity contribution in [2.45, 2.75) is 6.42 Å². The van der Waals surface area contributed by atoms with Gasteiger partial charge in [-0.25, -0.2) is 4.79 Å². The lowest BCUT2D eigenvalue weighted by molar-refractivity contribution is -0.122.